The maximum absolute atomic E-state index is 3.77. The molecule has 0 nitrogen and oxygen atoms in total. The van der Waals surface area contributed by atoms with Crippen LogP contribution in [0.1, 0.15) is 34.7 Å². The van der Waals surface area contributed by atoms with Gasteiger partial charge in [-0.25, -0.2) is 0 Å². The molecule has 102 valence electrons. The van der Waals surface area contributed by atoms with Crippen molar-refractivity contribution in [3.05, 3.63) is 62.6 Å². The van der Waals surface area contributed by atoms with Gasteiger partial charge in [0, 0.05) is 10.0 Å². The van der Waals surface area contributed by atoms with Gasteiger partial charge in [0.1, 0.15) is 0 Å². The van der Waals surface area contributed by atoms with Crippen LogP contribution < -0.4 is 0 Å². The van der Waals surface area contributed by atoms with E-state index in [1.807, 2.05) is 0 Å². The van der Waals surface area contributed by atoms with Gasteiger partial charge in [0.05, 0.1) is 0 Å². The second kappa shape index (κ2) is 4.89. The molecule has 1 heteroatoms. The number of halogens is 1. The Morgan fingerprint density at radius 2 is 1.50 bits per heavy atom. The third-order valence-electron chi connectivity index (χ3n) is 4.19. The van der Waals surface area contributed by atoms with Crippen LogP contribution in [0.2, 0.25) is 0 Å². The highest BCUT2D eigenvalue weighted by atomic mass is 79.9. The van der Waals surface area contributed by atoms with E-state index in [1.165, 1.54) is 49.0 Å². The molecule has 3 rings (SSSR count). The molecule has 0 radical (unpaired) electrons. The summed E-state index contributed by atoms with van der Waals surface area (Å²) in [6.07, 6.45) is 3.39. The zero-order chi connectivity index (χ0) is 14.4. The Morgan fingerprint density at radius 1 is 0.850 bits per heavy atom. The largest absolute Gasteiger partial charge is 0.0765 e. The monoisotopic (exact) mass is 326 g/mol. The molecule has 0 fully saturated rings. The number of benzene rings is 2. The number of hydrogen-bond acceptors (Lipinski definition) is 0. The van der Waals surface area contributed by atoms with E-state index in [2.05, 4.69) is 74.0 Å². The Balaban J connectivity index is 2.37. The van der Waals surface area contributed by atoms with E-state index < -0.39 is 0 Å². The lowest BCUT2D eigenvalue weighted by molar-refractivity contribution is 1.28. The molecular weight excluding hydrogens is 308 g/mol. The zero-order valence-corrected chi connectivity index (χ0v) is 14.1. The fourth-order valence-corrected chi connectivity index (χ4v) is 3.95. The normalized spacial score (nSPS) is 13.3. The minimum Gasteiger partial charge on any atom is -0.0765 e. The quantitative estimate of drug-likeness (QED) is 0.602. The number of hydrogen-bond donors (Lipinski definition) is 0. The summed E-state index contributed by atoms with van der Waals surface area (Å²) in [6, 6.07) is 9.00. The van der Waals surface area contributed by atoms with Crippen molar-refractivity contribution in [2.24, 2.45) is 0 Å². The summed E-state index contributed by atoms with van der Waals surface area (Å²) in [6.45, 7) is 8.82. The van der Waals surface area contributed by atoms with E-state index in [0.29, 0.717) is 0 Å². The molecule has 0 aliphatic heterocycles. The molecule has 0 spiro atoms. The summed E-state index contributed by atoms with van der Waals surface area (Å²) in [4.78, 5) is 0. The number of aryl methyl sites for hydroxylation is 3. The Hall–Kier alpha value is -1.34. The van der Waals surface area contributed by atoms with Gasteiger partial charge in [-0.2, -0.15) is 0 Å². The van der Waals surface area contributed by atoms with Crippen LogP contribution in [0.3, 0.4) is 0 Å². The summed E-state index contributed by atoms with van der Waals surface area (Å²) in [5.41, 5.74) is 11.1. The molecule has 20 heavy (non-hydrogen) atoms. The first-order valence-electron chi connectivity index (χ1n) is 7.05. The van der Waals surface area contributed by atoms with Crippen molar-refractivity contribution in [3.8, 4) is 11.1 Å². The molecule has 1 aliphatic rings. The average Bonchev–Trinajstić information content (AvgIpc) is 2.73. The molecule has 1 aliphatic carbocycles. The van der Waals surface area contributed by atoms with Gasteiger partial charge in [-0.05, 0) is 73.6 Å². The molecule has 0 unspecified atom stereocenters. The van der Waals surface area contributed by atoms with Crippen LogP contribution >= 0.6 is 15.9 Å². The standard InChI is InChI=1S/C19H19Br/c1-11-9-13(3)17(14(4)10-11)19-16(20)8-7-15-6-5-12(2)18(15)19/h5,7-10H,6H2,1-4H3. The van der Waals surface area contributed by atoms with Gasteiger partial charge in [-0.15, -0.1) is 0 Å². The molecule has 0 atom stereocenters. The molecular formula is C19H19Br. The highest BCUT2D eigenvalue weighted by Gasteiger charge is 2.20. The fourth-order valence-electron chi connectivity index (χ4n) is 3.42. The first-order chi connectivity index (χ1) is 9.49. The van der Waals surface area contributed by atoms with Gasteiger partial charge in [0.2, 0.25) is 0 Å². The minimum absolute atomic E-state index is 1.06. The second-order valence-corrected chi connectivity index (χ2v) is 6.68. The molecule has 0 heterocycles. The van der Waals surface area contributed by atoms with Crippen LogP contribution in [0.15, 0.2) is 34.8 Å². The van der Waals surface area contributed by atoms with Crippen LogP contribution in [-0.4, -0.2) is 0 Å². The molecule has 0 amide bonds. The first kappa shape index (κ1) is 13.6. The average molecular weight is 327 g/mol. The zero-order valence-electron chi connectivity index (χ0n) is 12.5. The maximum Gasteiger partial charge on any atom is 0.0260 e. The third kappa shape index (κ3) is 2.05. The van der Waals surface area contributed by atoms with Crippen LogP contribution in [0, 0.1) is 20.8 Å². The van der Waals surface area contributed by atoms with Crippen molar-refractivity contribution in [2.45, 2.75) is 34.1 Å². The van der Waals surface area contributed by atoms with Gasteiger partial charge in [0.15, 0.2) is 0 Å². The Labute approximate surface area is 129 Å². The third-order valence-corrected chi connectivity index (χ3v) is 4.85. The van der Waals surface area contributed by atoms with E-state index in [4.69, 9.17) is 0 Å². The van der Waals surface area contributed by atoms with Crippen LogP contribution in [-0.2, 0) is 6.42 Å². The van der Waals surface area contributed by atoms with Gasteiger partial charge < -0.3 is 0 Å². The number of allylic oxidation sites excluding steroid dienone is 2. The van der Waals surface area contributed by atoms with Gasteiger partial charge in [0.25, 0.3) is 0 Å². The van der Waals surface area contributed by atoms with Crippen molar-refractivity contribution in [1.29, 1.82) is 0 Å². The Kier molecular flexibility index (Phi) is 3.33. The molecule has 0 aromatic heterocycles. The van der Waals surface area contributed by atoms with Crippen molar-refractivity contribution in [2.75, 3.05) is 0 Å². The summed E-state index contributed by atoms with van der Waals surface area (Å²) in [5.74, 6) is 0. The molecule has 0 saturated heterocycles. The molecule has 2 aromatic rings. The predicted molar refractivity (Wildman–Crippen MR) is 91.1 cm³/mol. The summed E-state index contributed by atoms with van der Waals surface area (Å²) >= 11 is 3.77. The molecule has 0 bridgehead atoms. The smallest absolute Gasteiger partial charge is 0.0260 e. The lowest BCUT2D eigenvalue weighted by Gasteiger charge is -2.18. The van der Waals surface area contributed by atoms with Crippen molar-refractivity contribution >= 4 is 21.5 Å². The minimum atomic E-state index is 1.06. The molecule has 0 N–H and O–H groups in total. The van der Waals surface area contributed by atoms with E-state index in [9.17, 15) is 0 Å². The van der Waals surface area contributed by atoms with Crippen molar-refractivity contribution < 1.29 is 0 Å². The van der Waals surface area contributed by atoms with Crippen LogP contribution in [0.25, 0.3) is 16.7 Å². The maximum atomic E-state index is 3.77. The SMILES string of the molecule is CC1=CCc2ccc(Br)c(-c3c(C)cc(C)cc3C)c21. The number of fused-ring (bicyclic) bond motifs is 1. The molecule has 2 aromatic carbocycles. The van der Waals surface area contributed by atoms with E-state index in [1.54, 1.807) is 0 Å². The highest BCUT2D eigenvalue weighted by Crippen LogP contribution is 2.43. The lowest BCUT2D eigenvalue weighted by Crippen LogP contribution is -1.96. The van der Waals surface area contributed by atoms with Crippen molar-refractivity contribution in [1.82, 2.24) is 0 Å². The lowest BCUT2D eigenvalue weighted by atomic mass is 9.88. The van der Waals surface area contributed by atoms with E-state index in [-0.39, 0.29) is 0 Å². The van der Waals surface area contributed by atoms with E-state index in [0.717, 1.165) is 6.42 Å². The topological polar surface area (TPSA) is 0 Å². The predicted octanol–water partition coefficient (Wildman–Crippen LogP) is 6.00. The fraction of sp³-hybridized carbons (Fsp3) is 0.263. The van der Waals surface area contributed by atoms with Crippen LogP contribution in [0.4, 0.5) is 0 Å². The first-order valence-corrected chi connectivity index (χ1v) is 7.85. The van der Waals surface area contributed by atoms with Gasteiger partial charge in [-0.3, -0.25) is 0 Å². The molecule has 0 saturated carbocycles. The second-order valence-electron chi connectivity index (χ2n) is 5.82. The summed E-state index contributed by atoms with van der Waals surface area (Å²) < 4.78 is 1.20. The van der Waals surface area contributed by atoms with Crippen LogP contribution in [0.5, 0.6) is 0 Å². The van der Waals surface area contributed by atoms with Gasteiger partial charge in [-0.1, -0.05) is 45.8 Å². The Morgan fingerprint density at radius 3 is 2.15 bits per heavy atom. The Bertz CT molecular complexity index is 713. The van der Waals surface area contributed by atoms with E-state index >= 15 is 0 Å². The van der Waals surface area contributed by atoms with Gasteiger partial charge >= 0.3 is 0 Å². The van der Waals surface area contributed by atoms with Crippen molar-refractivity contribution in [3.63, 3.8) is 0 Å². The number of rotatable bonds is 1. The highest BCUT2D eigenvalue weighted by molar-refractivity contribution is 9.10. The summed E-state index contributed by atoms with van der Waals surface area (Å²) in [7, 11) is 0. The summed E-state index contributed by atoms with van der Waals surface area (Å²) in [5, 5.41) is 0.